The molecule has 0 saturated heterocycles. The van der Waals surface area contributed by atoms with Crippen molar-refractivity contribution in [3.05, 3.63) is 36.4 Å². The van der Waals surface area contributed by atoms with Crippen molar-refractivity contribution in [1.82, 2.24) is 0 Å². The number of thioether (sulfide) groups is 1. The highest BCUT2D eigenvalue weighted by atomic mass is 32.2. The first kappa shape index (κ1) is 14.1. The van der Waals surface area contributed by atoms with Gasteiger partial charge in [0.2, 0.25) is 5.91 Å². The van der Waals surface area contributed by atoms with E-state index in [-0.39, 0.29) is 11.8 Å². The molecule has 1 aromatic carbocycles. The molecule has 0 radical (unpaired) electrons. The molecule has 1 aliphatic rings. The number of amides is 1. The summed E-state index contributed by atoms with van der Waals surface area (Å²) >= 11 is 0.499. The van der Waals surface area contributed by atoms with Crippen LogP contribution in [0.3, 0.4) is 0 Å². The van der Waals surface area contributed by atoms with E-state index < -0.39 is 5.76 Å². The highest BCUT2D eigenvalue weighted by Crippen LogP contribution is 2.26. The second-order valence-corrected chi connectivity index (χ2v) is 5.44. The van der Waals surface area contributed by atoms with E-state index in [0.29, 0.717) is 22.3 Å². The maximum absolute atomic E-state index is 12.2. The van der Waals surface area contributed by atoms with E-state index in [1.54, 1.807) is 24.3 Å². The Morgan fingerprint density at radius 1 is 1.26 bits per heavy atom. The molecule has 19 heavy (non-hydrogen) atoms. The van der Waals surface area contributed by atoms with E-state index >= 15 is 0 Å². The number of rotatable bonds is 4. The van der Waals surface area contributed by atoms with Crippen molar-refractivity contribution in [3.63, 3.8) is 0 Å². The number of anilines is 1. The van der Waals surface area contributed by atoms with Crippen molar-refractivity contribution in [3.8, 4) is 0 Å². The van der Waals surface area contributed by atoms with Crippen molar-refractivity contribution < 1.29 is 13.6 Å². The van der Waals surface area contributed by atoms with Crippen molar-refractivity contribution >= 4 is 23.4 Å². The molecule has 0 fully saturated rings. The van der Waals surface area contributed by atoms with Crippen LogP contribution in [0.15, 0.2) is 41.3 Å². The van der Waals surface area contributed by atoms with Gasteiger partial charge in [-0.2, -0.15) is 8.78 Å². The Hall–Kier alpha value is -1.36. The fourth-order valence-corrected chi connectivity index (χ4v) is 2.49. The van der Waals surface area contributed by atoms with Crippen LogP contribution in [0.1, 0.15) is 19.3 Å². The van der Waals surface area contributed by atoms with E-state index in [1.165, 1.54) is 0 Å². The third-order valence-corrected chi connectivity index (χ3v) is 3.71. The van der Waals surface area contributed by atoms with E-state index in [9.17, 15) is 13.6 Å². The number of alkyl halides is 2. The Bertz CT molecular complexity index is 459. The largest absolute Gasteiger partial charge is 0.326 e. The lowest BCUT2D eigenvalue weighted by Gasteiger charge is -2.17. The molecule has 0 bridgehead atoms. The first-order valence-corrected chi connectivity index (χ1v) is 7.04. The maximum atomic E-state index is 12.2. The van der Waals surface area contributed by atoms with E-state index in [0.717, 1.165) is 19.3 Å². The van der Waals surface area contributed by atoms with E-state index in [2.05, 4.69) is 11.4 Å². The van der Waals surface area contributed by atoms with Crippen LogP contribution in [0.25, 0.3) is 0 Å². The minimum Gasteiger partial charge on any atom is -0.326 e. The summed E-state index contributed by atoms with van der Waals surface area (Å²) in [6.45, 7) is 0. The lowest BCUT2D eigenvalue weighted by atomic mass is 9.93. The molecule has 0 aromatic heterocycles. The Labute approximate surface area is 115 Å². The van der Waals surface area contributed by atoms with Crippen LogP contribution in [-0.4, -0.2) is 11.7 Å². The molecule has 1 amide bonds. The molecule has 5 heteroatoms. The van der Waals surface area contributed by atoms with Gasteiger partial charge < -0.3 is 5.32 Å². The maximum Gasteiger partial charge on any atom is 0.288 e. The Balaban J connectivity index is 1.91. The lowest BCUT2D eigenvalue weighted by Crippen LogP contribution is -2.23. The predicted molar refractivity (Wildman–Crippen MR) is 73.4 cm³/mol. The highest BCUT2D eigenvalue weighted by molar-refractivity contribution is 7.99. The zero-order chi connectivity index (χ0) is 13.7. The lowest BCUT2D eigenvalue weighted by molar-refractivity contribution is -0.120. The molecule has 1 aliphatic carbocycles. The number of benzene rings is 1. The van der Waals surface area contributed by atoms with Crippen LogP contribution in [0.5, 0.6) is 0 Å². The Morgan fingerprint density at radius 3 is 2.58 bits per heavy atom. The second-order valence-electron chi connectivity index (χ2n) is 4.37. The van der Waals surface area contributed by atoms with Gasteiger partial charge in [-0.1, -0.05) is 23.9 Å². The van der Waals surface area contributed by atoms with Gasteiger partial charge in [-0.15, -0.1) is 0 Å². The first-order chi connectivity index (χ1) is 9.15. The topological polar surface area (TPSA) is 29.1 Å². The molecule has 0 unspecified atom stereocenters. The van der Waals surface area contributed by atoms with Gasteiger partial charge in [0.15, 0.2) is 0 Å². The third kappa shape index (κ3) is 4.35. The molecule has 2 nitrogen and oxygen atoms in total. The van der Waals surface area contributed by atoms with Crippen molar-refractivity contribution in [2.24, 2.45) is 5.92 Å². The van der Waals surface area contributed by atoms with Gasteiger partial charge in [-0.3, -0.25) is 4.79 Å². The predicted octanol–water partition coefficient (Wildman–Crippen LogP) is 4.30. The second kappa shape index (κ2) is 6.70. The number of nitrogens with one attached hydrogen (secondary N) is 1. The van der Waals surface area contributed by atoms with Crippen molar-refractivity contribution in [1.29, 1.82) is 0 Å². The van der Waals surface area contributed by atoms with E-state index in [4.69, 9.17) is 0 Å². The summed E-state index contributed by atoms with van der Waals surface area (Å²) in [5, 5.41) is 2.82. The summed E-state index contributed by atoms with van der Waals surface area (Å²) in [5.41, 5.74) is 0.651. The first-order valence-electron chi connectivity index (χ1n) is 6.16. The highest BCUT2D eigenvalue weighted by Gasteiger charge is 2.18. The summed E-state index contributed by atoms with van der Waals surface area (Å²) in [6.07, 6.45) is 6.67. The van der Waals surface area contributed by atoms with Crippen LogP contribution in [0.2, 0.25) is 0 Å². The molecule has 0 spiro atoms. The number of hydrogen-bond donors (Lipinski definition) is 1. The van der Waals surface area contributed by atoms with Crippen LogP contribution in [0.4, 0.5) is 14.5 Å². The number of carbonyl (C=O) groups is 1. The zero-order valence-electron chi connectivity index (χ0n) is 10.3. The molecule has 2 rings (SSSR count). The number of allylic oxidation sites excluding steroid dienone is 2. The Morgan fingerprint density at radius 2 is 2.00 bits per heavy atom. The van der Waals surface area contributed by atoms with Crippen molar-refractivity contribution in [2.45, 2.75) is 29.9 Å². The molecule has 0 saturated carbocycles. The van der Waals surface area contributed by atoms with Gasteiger partial charge in [0.1, 0.15) is 0 Å². The molecular weight excluding hydrogens is 268 g/mol. The molecule has 102 valence electrons. The fraction of sp³-hybridized carbons (Fsp3) is 0.357. The number of hydrogen-bond acceptors (Lipinski definition) is 2. The number of halogens is 2. The normalized spacial score (nSPS) is 18.6. The average molecular weight is 283 g/mol. The van der Waals surface area contributed by atoms with Crippen molar-refractivity contribution in [2.75, 3.05) is 5.32 Å². The monoisotopic (exact) mass is 283 g/mol. The molecule has 1 atom stereocenters. The van der Waals surface area contributed by atoms with Gasteiger partial charge >= 0.3 is 0 Å². The van der Waals surface area contributed by atoms with Gasteiger partial charge in [-0.25, -0.2) is 0 Å². The molecule has 0 heterocycles. The van der Waals surface area contributed by atoms with E-state index in [1.807, 2.05) is 6.08 Å². The van der Waals surface area contributed by atoms with Gasteiger partial charge in [-0.05, 0) is 43.5 Å². The summed E-state index contributed by atoms with van der Waals surface area (Å²) in [6, 6.07) is 6.49. The average Bonchev–Trinajstić information content (AvgIpc) is 2.41. The molecule has 1 aromatic rings. The Kier molecular flexibility index (Phi) is 4.96. The summed E-state index contributed by atoms with van der Waals surface area (Å²) < 4.78 is 24.3. The van der Waals surface area contributed by atoms with Crippen LogP contribution in [-0.2, 0) is 4.79 Å². The van der Waals surface area contributed by atoms with Gasteiger partial charge in [0.05, 0.1) is 0 Å². The summed E-state index contributed by atoms with van der Waals surface area (Å²) in [5.74, 6) is -2.41. The minimum absolute atomic E-state index is 0.00128. The molecule has 1 N–H and O–H groups in total. The summed E-state index contributed by atoms with van der Waals surface area (Å²) in [4.78, 5) is 12.5. The fourth-order valence-electron chi connectivity index (χ4n) is 2.00. The zero-order valence-corrected chi connectivity index (χ0v) is 11.1. The van der Waals surface area contributed by atoms with Crippen LogP contribution >= 0.6 is 11.8 Å². The smallest absolute Gasteiger partial charge is 0.288 e. The van der Waals surface area contributed by atoms with Crippen LogP contribution in [0, 0.1) is 5.92 Å². The molecule has 0 aliphatic heterocycles. The van der Waals surface area contributed by atoms with Gasteiger partial charge in [0, 0.05) is 16.5 Å². The third-order valence-electron chi connectivity index (χ3n) is 2.99. The summed E-state index contributed by atoms with van der Waals surface area (Å²) in [7, 11) is 0. The quantitative estimate of drug-likeness (QED) is 0.659. The standard InChI is InChI=1S/C14H15F2NOS/c15-14(16)19-12-8-6-11(7-9-12)17-13(18)10-4-2-1-3-5-10/h1-2,6-10,14H,3-5H2,(H,17,18)/t10-/m0/s1. The number of carbonyl (C=O) groups excluding carboxylic acids is 1. The van der Waals surface area contributed by atoms with Crippen LogP contribution < -0.4 is 5.32 Å². The SMILES string of the molecule is O=C(Nc1ccc(SC(F)F)cc1)[C@H]1CC=CCC1. The minimum atomic E-state index is -2.42. The van der Waals surface area contributed by atoms with Gasteiger partial charge in [0.25, 0.3) is 5.76 Å². The molecular formula is C14H15F2NOS.